The topological polar surface area (TPSA) is 71.6 Å². The van der Waals surface area contributed by atoms with Crippen LogP contribution in [0.3, 0.4) is 0 Å². The minimum Gasteiger partial charge on any atom is -0.768 e. The van der Waals surface area contributed by atoms with Crippen molar-refractivity contribution >= 4 is 11.1 Å². The summed E-state index contributed by atoms with van der Waals surface area (Å²) in [7, 11) is 0. The first kappa shape index (κ1) is 14.8. The van der Waals surface area contributed by atoms with Gasteiger partial charge in [-0.15, -0.1) is 0 Å². The van der Waals surface area contributed by atoms with E-state index in [4.69, 9.17) is 0 Å². The average molecular weight is 196 g/mol. The van der Waals surface area contributed by atoms with E-state index < -0.39 is 11.1 Å². The molecule has 0 aliphatic heterocycles. The summed E-state index contributed by atoms with van der Waals surface area (Å²) >= 11 is -2.09. The SMILES string of the molecule is Cc1ccc(S(=O)[O-])cc1.O.[Na+]. The Hall–Kier alpha value is 0.290. The van der Waals surface area contributed by atoms with Gasteiger partial charge >= 0.3 is 29.6 Å². The predicted molar refractivity (Wildman–Crippen MR) is 42.0 cm³/mol. The van der Waals surface area contributed by atoms with Gasteiger partial charge in [-0.25, -0.2) is 0 Å². The molecule has 0 aromatic heterocycles. The van der Waals surface area contributed by atoms with E-state index in [1.54, 1.807) is 24.3 Å². The van der Waals surface area contributed by atoms with Crippen molar-refractivity contribution in [1.82, 2.24) is 0 Å². The molecule has 1 aromatic rings. The fourth-order valence-electron chi connectivity index (χ4n) is 0.649. The van der Waals surface area contributed by atoms with Crippen LogP contribution in [0.4, 0.5) is 0 Å². The normalized spacial score (nSPS) is 10.8. The van der Waals surface area contributed by atoms with Gasteiger partial charge in [0.1, 0.15) is 0 Å². The quantitative estimate of drug-likeness (QED) is 0.365. The van der Waals surface area contributed by atoms with Crippen LogP contribution in [0, 0.1) is 6.92 Å². The van der Waals surface area contributed by atoms with Gasteiger partial charge < -0.3 is 10.0 Å². The Bertz CT molecular complexity index is 247. The van der Waals surface area contributed by atoms with Crippen molar-refractivity contribution in [2.45, 2.75) is 11.8 Å². The van der Waals surface area contributed by atoms with E-state index in [0.29, 0.717) is 4.90 Å². The monoisotopic (exact) mass is 196 g/mol. The zero-order valence-corrected chi connectivity index (χ0v) is 9.85. The molecule has 0 saturated heterocycles. The third kappa shape index (κ3) is 4.35. The van der Waals surface area contributed by atoms with Crippen LogP contribution in [0.15, 0.2) is 29.2 Å². The van der Waals surface area contributed by atoms with Crippen LogP contribution in [0.2, 0.25) is 0 Å². The Morgan fingerprint density at radius 3 is 2.00 bits per heavy atom. The van der Waals surface area contributed by atoms with Crippen molar-refractivity contribution in [3.8, 4) is 0 Å². The third-order valence-electron chi connectivity index (χ3n) is 1.21. The summed E-state index contributed by atoms with van der Waals surface area (Å²) in [6, 6.07) is 6.70. The van der Waals surface area contributed by atoms with E-state index in [1.165, 1.54) is 0 Å². The van der Waals surface area contributed by atoms with Crippen LogP contribution < -0.4 is 29.6 Å². The minimum absolute atomic E-state index is 0. The molecule has 0 spiro atoms. The molecule has 5 heteroatoms. The smallest absolute Gasteiger partial charge is 0.768 e. The number of hydrogen-bond acceptors (Lipinski definition) is 2. The zero-order chi connectivity index (χ0) is 7.56. The standard InChI is InChI=1S/C7H8O2S.Na.H2O/c1-6-2-4-7(5-3-6)10(8)9;;/h2-5H,1H3,(H,8,9);;1H2/q;+1;/p-1. The van der Waals surface area contributed by atoms with E-state index in [-0.39, 0.29) is 35.0 Å². The third-order valence-corrected chi connectivity index (χ3v) is 1.87. The Labute approximate surface area is 96.1 Å². The fourth-order valence-corrected chi connectivity index (χ4v) is 1.01. The first-order valence-corrected chi connectivity index (χ1v) is 3.93. The minimum atomic E-state index is -2.09. The van der Waals surface area contributed by atoms with Gasteiger partial charge in [-0.05, 0) is 30.1 Å². The van der Waals surface area contributed by atoms with Crippen molar-refractivity contribution < 1.29 is 43.8 Å². The van der Waals surface area contributed by atoms with Gasteiger partial charge in [-0.1, -0.05) is 17.7 Å². The van der Waals surface area contributed by atoms with Gasteiger partial charge in [0.05, 0.1) is 0 Å². The van der Waals surface area contributed by atoms with Crippen molar-refractivity contribution in [1.29, 1.82) is 0 Å². The average Bonchev–Trinajstić information content (AvgIpc) is 1.88. The van der Waals surface area contributed by atoms with Gasteiger partial charge in [0, 0.05) is 4.90 Å². The molecule has 1 rings (SSSR count). The van der Waals surface area contributed by atoms with E-state index in [0.717, 1.165) is 5.56 Å². The van der Waals surface area contributed by atoms with E-state index in [1.807, 2.05) is 6.92 Å². The maximum atomic E-state index is 10.3. The first-order chi connectivity index (χ1) is 4.70. The van der Waals surface area contributed by atoms with E-state index in [2.05, 4.69) is 0 Å². The molecule has 0 bridgehead atoms. The summed E-state index contributed by atoms with van der Waals surface area (Å²) in [5, 5.41) is 0. The zero-order valence-electron chi connectivity index (χ0n) is 7.03. The maximum absolute atomic E-state index is 10.3. The summed E-state index contributed by atoms with van der Waals surface area (Å²) in [5.74, 6) is 0. The van der Waals surface area contributed by atoms with Crippen LogP contribution in [0.25, 0.3) is 0 Å². The van der Waals surface area contributed by atoms with Crippen molar-refractivity contribution in [2.24, 2.45) is 0 Å². The van der Waals surface area contributed by atoms with Crippen LogP contribution in [0.5, 0.6) is 0 Å². The van der Waals surface area contributed by atoms with E-state index >= 15 is 0 Å². The predicted octanol–water partition coefficient (Wildman–Crippen LogP) is -2.59. The van der Waals surface area contributed by atoms with Gasteiger partial charge in [-0.3, -0.25) is 4.21 Å². The fraction of sp³-hybridized carbons (Fsp3) is 0.143. The van der Waals surface area contributed by atoms with Crippen LogP contribution in [0.1, 0.15) is 5.56 Å². The molecular weight excluding hydrogens is 187 g/mol. The largest absolute Gasteiger partial charge is 1.00 e. The molecule has 1 unspecified atom stereocenters. The molecule has 0 aliphatic rings. The van der Waals surface area contributed by atoms with Crippen molar-refractivity contribution in [3.63, 3.8) is 0 Å². The molecule has 0 radical (unpaired) electrons. The molecular formula is C7H9NaO3S. The molecule has 1 atom stereocenters. The van der Waals surface area contributed by atoms with Crippen molar-refractivity contribution in [3.05, 3.63) is 29.8 Å². The van der Waals surface area contributed by atoms with Gasteiger partial charge in [-0.2, -0.15) is 0 Å². The van der Waals surface area contributed by atoms with Crippen LogP contribution >= 0.6 is 0 Å². The summed E-state index contributed by atoms with van der Waals surface area (Å²) in [6.07, 6.45) is 0. The number of hydrogen-bond donors (Lipinski definition) is 0. The second kappa shape index (κ2) is 6.77. The Balaban J connectivity index is 0. The second-order valence-electron chi connectivity index (χ2n) is 2.05. The molecule has 0 heterocycles. The van der Waals surface area contributed by atoms with Gasteiger partial charge in [0.15, 0.2) is 0 Å². The summed E-state index contributed by atoms with van der Waals surface area (Å²) in [6.45, 7) is 1.91. The molecule has 1 aromatic carbocycles. The summed E-state index contributed by atoms with van der Waals surface area (Å²) in [4.78, 5) is 0.339. The molecule has 2 N–H and O–H groups in total. The molecule has 0 fully saturated rings. The van der Waals surface area contributed by atoms with Crippen molar-refractivity contribution in [2.75, 3.05) is 0 Å². The molecule has 0 saturated carbocycles. The summed E-state index contributed by atoms with van der Waals surface area (Å²) in [5.41, 5.74) is 1.06. The first-order valence-electron chi connectivity index (χ1n) is 2.86. The number of benzene rings is 1. The molecule has 0 aliphatic carbocycles. The molecule has 62 valence electrons. The van der Waals surface area contributed by atoms with Crippen LogP contribution in [-0.2, 0) is 11.1 Å². The molecule has 12 heavy (non-hydrogen) atoms. The van der Waals surface area contributed by atoms with Gasteiger partial charge in [0.2, 0.25) is 0 Å². The molecule has 3 nitrogen and oxygen atoms in total. The van der Waals surface area contributed by atoms with E-state index in [9.17, 15) is 8.76 Å². The Kier molecular flexibility index (Phi) is 8.34. The van der Waals surface area contributed by atoms with Gasteiger partial charge in [0.25, 0.3) is 0 Å². The van der Waals surface area contributed by atoms with Crippen LogP contribution in [-0.4, -0.2) is 14.2 Å². The summed E-state index contributed by atoms with van der Waals surface area (Å²) < 4.78 is 20.6. The number of rotatable bonds is 1. The Morgan fingerprint density at radius 2 is 1.67 bits per heavy atom. The molecule has 0 amide bonds. The second-order valence-corrected chi connectivity index (χ2v) is 2.99. The number of aryl methyl sites for hydroxylation is 1. The Morgan fingerprint density at radius 1 is 1.25 bits per heavy atom. The maximum Gasteiger partial charge on any atom is 1.00 e.